The summed E-state index contributed by atoms with van der Waals surface area (Å²) in [5.74, 6) is -5.17. The Bertz CT molecular complexity index is 1420. The molecule has 3 aromatic heterocycles. The molecule has 0 aliphatic rings. The number of aromatic nitrogens is 4. The molecule has 4 N–H and O–H groups in total. The minimum atomic E-state index is -2.74. The number of imidazole rings is 2. The maximum Gasteiger partial charge on any atom is 0.336 e. The number of aliphatic hydroxyl groups is 1. The second-order valence-electron chi connectivity index (χ2n) is 9.13. The van der Waals surface area contributed by atoms with E-state index in [9.17, 15) is 18.8 Å². The molecule has 0 saturated heterocycles. The van der Waals surface area contributed by atoms with E-state index < -0.39 is 36.4 Å². The van der Waals surface area contributed by atoms with Gasteiger partial charge >= 0.3 is 17.9 Å². The summed E-state index contributed by atoms with van der Waals surface area (Å²) in [4.78, 5) is 42.5. The van der Waals surface area contributed by atoms with Crippen molar-refractivity contribution < 1.29 is 39.2 Å². The second kappa shape index (κ2) is 13.8. The van der Waals surface area contributed by atoms with Gasteiger partial charge in [-0.2, -0.15) is 0 Å². The van der Waals surface area contributed by atoms with Crippen LogP contribution in [0.4, 0.5) is 4.39 Å². The first-order valence-corrected chi connectivity index (χ1v) is 13.1. The van der Waals surface area contributed by atoms with Crippen LogP contribution in [0.3, 0.4) is 0 Å². The summed E-state index contributed by atoms with van der Waals surface area (Å²) in [6.45, 7) is 5.12. The van der Waals surface area contributed by atoms with Crippen LogP contribution in [0.2, 0.25) is 0 Å². The highest BCUT2D eigenvalue weighted by Gasteiger charge is 2.40. The molecular weight excluding hydrogens is 545 g/mol. The Morgan fingerprint density at radius 3 is 2.38 bits per heavy atom. The van der Waals surface area contributed by atoms with Crippen LogP contribution in [0.5, 0.6) is 0 Å². The largest absolute Gasteiger partial charge is 0.481 e. The molecule has 0 atom stereocenters. The van der Waals surface area contributed by atoms with Gasteiger partial charge in [0.05, 0.1) is 30.6 Å². The zero-order valence-electron chi connectivity index (χ0n) is 21.7. The molecule has 14 heteroatoms. The van der Waals surface area contributed by atoms with Gasteiger partial charge in [-0.05, 0) is 19.4 Å². The molecule has 0 radical (unpaired) electrons. The average Bonchev–Trinajstić information content (AvgIpc) is 3.60. The third-order valence-corrected chi connectivity index (χ3v) is 6.78. The fourth-order valence-corrected chi connectivity index (χ4v) is 4.81. The van der Waals surface area contributed by atoms with E-state index in [-0.39, 0.29) is 5.82 Å². The summed E-state index contributed by atoms with van der Waals surface area (Å²) in [6, 6.07) is 7.02. The van der Waals surface area contributed by atoms with Gasteiger partial charge < -0.3 is 25.0 Å². The number of fused-ring (bicyclic) bond motifs is 1. The molecule has 0 spiro atoms. The molecule has 1 aromatic carbocycles. The summed E-state index contributed by atoms with van der Waals surface area (Å²) in [5, 5.41) is 35.9. The molecule has 0 fully saturated rings. The molecule has 0 saturated carbocycles. The van der Waals surface area contributed by atoms with E-state index >= 15 is 0 Å². The molecule has 0 bridgehead atoms. The van der Waals surface area contributed by atoms with Crippen LogP contribution in [0.15, 0.2) is 54.6 Å². The maximum absolute atomic E-state index is 14.2. The third-order valence-electron chi connectivity index (χ3n) is 6.02. The lowest BCUT2D eigenvalue weighted by atomic mass is 9.96. The van der Waals surface area contributed by atoms with Crippen molar-refractivity contribution in [2.24, 2.45) is 0 Å². The van der Waals surface area contributed by atoms with E-state index in [1.165, 1.54) is 11.8 Å². The number of aryl methyl sites for hydroxylation is 2. The molecular formula is C26H30FN5O7S. The summed E-state index contributed by atoms with van der Waals surface area (Å²) < 4.78 is 18.4. The van der Waals surface area contributed by atoms with Crippen LogP contribution in [0.25, 0.3) is 4.96 Å². The highest BCUT2D eigenvalue weighted by atomic mass is 32.1. The molecule has 40 heavy (non-hydrogen) atoms. The van der Waals surface area contributed by atoms with Crippen LogP contribution in [0, 0.1) is 12.7 Å². The standard InChI is InChI=1S/C20H22FN5S.C6H8O7/c1-16-19(26-11-12-27-20(26)23-16)14-25(9-4-8-24-10-7-22-15-24)13-17-5-2-3-6-18(17)21;7-3(8)1-6(13,5(11)12)2-4(9)10/h2-3,5-7,10-12,15H,4,8-9,13-14H2,1H3;13H,1-2H2,(H,7,8)(H,9,10)(H,11,12). The molecule has 4 aromatic rings. The Labute approximate surface area is 232 Å². The molecule has 0 amide bonds. The van der Waals surface area contributed by atoms with Gasteiger partial charge in [-0.1, -0.05) is 18.2 Å². The highest BCUT2D eigenvalue weighted by Crippen LogP contribution is 2.20. The Morgan fingerprint density at radius 2 is 1.77 bits per heavy atom. The number of hydrogen-bond acceptors (Lipinski definition) is 8. The summed E-state index contributed by atoms with van der Waals surface area (Å²) in [7, 11) is 0. The van der Waals surface area contributed by atoms with Gasteiger partial charge in [0.2, 0.25) is 0 Å². The van der Waals surface area contributed by atoms with Crippen LogP contribution < -0.4 is 0 Å². The number of thiazole rings is 1. The van der Waals surface area contributed by atoms with Crippen molar-refractivity contribution in [2.45, 2.75) is 51.4 Å². The van der Waals surface area contributed by atoms with Crippen molar-refractivity contribution in [3.63, 3.8) is 0 Å². The monoisotopic (exact) mass is 575 g/mol. The molecule has 0 aliphatic carbocycles. The Hall–Kier alpha value is -4.14. The number of aliphatic carboxylic acids is 3. The molecule has 214 valence electrons. The number of carbonyl (C=O) groups is 3. The number of benzene rings is 1. The van der Waals surface area contributed by atoms with Crippen molar-refractivity contribution in [2.75, 3.05) is 6.54 Å². The Kier molecular flexibility index (Phi) is 10.5. The fraction of sp³-hybridized carbons (Fsp3) is 0.346. The minimum Gasteiger partial charge on any atom is -0.481 e. The highest BCUT2D eigenvalue weighted by molar-refractivity contribution is 7.15. The van der Waals surface area contributed by atoms with Crippen molar-refractivity contribution in [3.8, 4) is 0 Å². The van der Waals surface area contributed by atoms with Gasteiger partial charge in [0.15, 0.2) is 10.6 Å². The van der Waals surface area contributed by atoms with Crippen molar-refractivity contribution >= 4 is 34.2 Å². The second-order valence-corrected chi connectivity index (χ2v) is 10.0. The molecule has 3 heterocycles. The van der Waals surface area contributed by atoms with Crippen molar-refractivity contribution in [1.82, 2.24) is 23.8 Å². The molecule has 0 unspecified atom stereocenters. The number of carboxylic acids is 3. The van der Waals surface area contributed by atoms with Gasteiger partial charge in [0.1, 0.15) is 5.82 Å². The summed E-state index contributed by atoms with van der Waals surface area (Å²) >= 11 is 1.64. The molecule has 4 rings (SSSR count). The van der Waals surface area contributed by atoms with E-state index in [1.54, 1.807) is 23.6 Å². The Morgan fingerprint density at radius 1 is 1.07 bits per heavy atom. The van der Waals surface area contributed by atoms with Crippen LogP contribution >= 0.6 is 11.3 Å². The molecule has 12 nitrogen and oxygen atoms in total. The van der Waals surface area contributed by atoms with E-state index in [2.05, 4.69) is 30.0 Å². The van der Waals surface area contributed by atoms with Crippen molar-refractivity contribution in [3.05, 3.63) is 77.3 Å². The van der Waals surface area contributed by atoms with E-state index in [0.29, 0.717) is 6.54 Å². The van der Waals surface area contributed by atoms with Gasteiger partial charge in [-0.25, -0.2) is 19.2 Å². The average molecular weight is 576 g/mol. The third kappa shape index (κ3) is 8.43. The molecule has 0 aliphatic heterocycles. The predicted octanol–water partition coefficient (Wildman–Crippen LogP) is 2.88. The van der Waals surface area contributed by atoms with Crippen LogP contribution in [-0.4, -0.2) is 74.3 Å². The first-order chi connectivity index (χ1) is 19.0. The van der Waals surface area contributed by atoms with Crippen LogP contribution in [-0.2, 0) is 34.0 Å². The van der Waals surface area contributed by atoms with Crippen LogP contribution in [0.1, 0.15) is 36.2 Å². The number of hydrogen-bond donors (Lipinski definition) is 4. The SMILES string of the molecule is Cc1nc2sccn2c1CN(CCCn1ccnc1)Cc1ccccc1F.O=C(O)CC(O)(CC(=O)O)C(=O)O. The van der Waals surface area contributed by atoms with Gasteiger partial charge in [0, 0.05) is 55.7 Å². The number of nitrogens with zero attached hydrogens (tertiary/aromatic N) is 5. The van der Waals surface area contributed by atoms with Gasteiger partial charge in [0.25, 0.3) is 0 Å². The maximum atomic E-state index is 14.2. The van der Waals surface area contributed by atoms with Gasteiger partial charge in [-0.15, -0.1) is 11.3 Å². The fourth-order valence-electron chi connectivity index (χ4n) is 4.03. The predicted molar refractivity (Wildman–Crippen MR) is 142 cm³/mol. The lowest BCUT2D eigenvalue weighted by molar-refractivity contribution is -0.170. The topological polar surface area (TPSA) is 170 Å². The van der Waals surface area contributed by atoms with E-state index in [4.69, 9.17) is 20.4 Å². The summed E-state index contributed by atoms with van der Waals surface area (Å²) in [6.07, 6.45) is 6.33. The number of rotatable bonds is 13. The Balaban J connectivity index is 0.000000289. The first kappa shape index (κ1) is 30.4. The normalized spacial score (nSPS) is 11.4. The lowest BCUT2D eigenvalue weighted by Gasteiger charge is -2.23. The zero-order valence-corrected chi connectivity index (χ0v) is 22.5. The quantitative estimate of drug-likeness (QED) is 0.186. The number of halogens is 1. The van der Waals surface area contributed by atoms with Gasteiger partial charge in [-0.3, -0.25) is 18.9 Å². The first-order valence-electron chi connectivity index (χ1n) is 12.2. The van der Waals surface area contributed by atoms with E-state index in [0.717, 1.165) is 42.3 Å². The van der Waals surface area contributed by atoms with E-state index in [1.807, 2.05) is 37.0 Å². The minimum absolute atomic E-state index is 0.150. The smallest absolute Gasteiger partial charge is 0.336 e. The zero-order chi connectivity index (χ0) is 29.3. The summed E-state index contributed by atoms with van der Waals surface area (Å²) in [5.41, 5.74) is 0.196. The van der Waals surface area contributed by atoms with Crippen molar-refractivity contribution in [1.29, 1.82) is 0 Å². The number of carboxylic acid groups (broad SMARTS) is 3. The lowest BCUT2D eigenvalue weighted by Crippen LogP contribution is -2.42.